The lowest BCUT2D eigenvalue weighted by molar-refractivity contribution is 0.475. The number of phenolic OH excluding ortho intramolecular Hbond substituents is 1. The Balaban J connectivity index is 2.22. The van der Waals surface area contributed by atoms with E-state index in [1.54, 1.807) is 30.3 Å². The minimum Gasteiger partial charge on any atom is -0.508 e. The highest BCUT2D eigenvalue weighted by molar-refractivity contribution is 5.83. The molecule has 1 heterocycles. The molecule has 3 aromatic rings. The molecule has 0 saturated heterocycles. The van der Waals surface area contributed by atoms with Gasteiger partial charge in [0.25, 0.3) is 5.56 Å². The summed E-state index contributed by atoms with van der Waals surface area (Å²) >= 11 is 0. The molecule has 0 bridgehead atoms. The van der Waals surface area contributed by atoms with Crippen molar-refractivity contribution in [3.63, 3.8) is 0 Å². The van der Waals surface area contributed by atoms with E-state index in [-0.39, 0.29) is 11.3 Å². The van der Waals surface area contributed by atoms with Gasteiger partial charge in [-0.2, -0.15) is 0 Å². The number of fused-ring (bicyclic) bond motifs is 1. The lowest BCUT2D eigenvalue weighted by Gasteiger charge is -2.03. The zero-order valence-corrected chi connectivity index (χ0v) is 9.42. The van der Waals surface area contributed by atoms with Crippen molar-refractivity contribution in [3.8, 4) is 16.9 Å². The number of hydrogen-bond acceptors (Lipinski definition) is 3. The number of hydrogen-bond donors (Lipinski definition) is 2. The van der Waals surface area contributed by atoms with Crippen LogP contribution in [0.4, 0.5) is 0 Å². The van der Waals surface area contributed by atoms with E-state index in [4.69, 9.17) is 0 Å². The standard InChI is InChI=1S/C14H10N2O2/c17-11-4-1-9(2-5-11)10-3-6-13-12(7-10)14(18)16-8-15-13/h1-8,17H,(H,15,16,18). The molecule has 2 N–H and O–H groups in total. The number of benzene rings is 2. The zero-order chi connectivity index (χ0) is 12.5. The van der Waals surface area contributed by atoms with Gasteiger partial charge >= 0.3 is 0 Å². The number of aromatic hydroxyl groups is 1. The second-order valence-corrected chi connectivity index (χ2v) is 4.01. The zero-order valence-electron chi connectivity index (χ0n) is 9.42. The number of H-pyrrole nitrogens is 1. The average molecular weight is 238 g/mol. The molecule has 4 heteroatoms. The Morgan fingerprint density at radius 2 is 1.72 bits per heavy atom. The molecule has 0 radical (unpaired) electrons. The molecule has 0 aliphatic rings. The van der Waals surface area contributed by atoms with Crippen LogP contribution in [-0.4, -0.2) is 15.1 Å². The molecule has 1 aromatic heterocycles. The van der Waals surface area contributed by atoms with Gasteiger partial charge in [0.2, 0.25) is 0 Å². The second-order valence-electron chi connectivity index (χ2n) is 4.01. The number of nitrogens with one attached hydrogen (secondary N) is 1. The van der Waals surface area contributed by atoms with Gasteiger partial charge in [-0.05, 0) is 35.4 Å². The van der Waals surface area contributed by atoms with Crippen LogP contribution in [0.1, 0.15) is 0 Å². The Morgan fingerprint density at radius 3 is 2.50 bits per heavy atom. The third-order valence-corrected chi connectivity index (χ3v) is 2.84. The topological polar surface area (TPSA) is 66.0 Å². The highest BCUT2D eigenvalue weighted by Crippen LogP contribution is 2.23. The van der Waals surface area contributed by atoms with E-state index in [0.717, 1.165) is 11.1 Å². The van der Waals surface area contributed by atoms with Crippen LogP contribution in [0.15, 0.2) is 53.6 Å². The maximum atomic E-state index is 11.7. The monoisotopic (exact) mass is 238 g/mol. The Hall–Kier alpha value is -2.62. The molecule has 0 unspecified atom stereocenters. The molecule has 0 aliphatic heterocycles. The predicted molar refractivity (Wildman–Crippen MR) is 69.5 cm³/mol. The number of nitrogens with zero attached hydrogens (tertiary/aromatic N) is 1. The first kappa shape index (κ1) is 10.5. The van der Waals surface area contributed by atoms with Crippen molar-refractivity contribution < 1.29 is 5.11 Å². The van der Waals surface area contributed by atoms with E-state index in [1.165, 1.54) is 6.33 Å². The first-order valence-corrected chi connectivity index (χ1v) is 5.51. The molecule has 2 aromatic carbocycles. The van der Waals surface area contributed by atoms with Gasteiger partial charge in [-0.15, -0.1) is 0 Å². The van der Waals surface area contributed by atoms with Crippen molar-refractivity contribution >= 4 is 10.9 Å². The van der Waals surface area contributed by atoms with Gasteiger partial charge < -0.3 is 10.1 Å². The summed E-state index contributed by atoms with van der Waals surface area (Å²) in [6.45, 7) is 0. The van der Waals surface area contributed by atoms with E-state index in [9.17, 15) is 9.90 Å². The maximum absolute atomic E-state index is 11.7. The lowest BCUT2D eigenvalue weighted by atomic mass is 10.0. The summed E-state index contributed by atoms with van der Waals surface area (Å²) in [7, 11) is 0. The quantitative estimate of drug-likeness (QED) is 0.683. The van der Waals surface area contributed by atoms with E-state index in [0.29, 0.717) is 10.9 Å². The SMILES string of the molecule is O=c1[nH]cnc2ccc(-c3ccc(O)cc3)cc12. The smallest absolute Gasteiger partial charge is 0.258 e. The summed E-state index contributed by atoms with van der Waals surface area (Å²) in [5, 5.41) is 9.81. The largest absolute Gasteiger partial charge is 0.508 e. The molecule has 0 saturated carbocycles. The fourth-order valence-corrected chi connectivity index (χ4v) is 1.90. The van der Waals surface area contributed by atoms with Crippen LogP contribution < -0.4 is 5.56 Å². The van der Waals surface area contributed by atoms with Crippen molar-refractivity contribution in [2.75, 3.05) is 0 Å². The average Bonchev–Trinajstić information content (AvgIpc) is 2.40. The Bertz CT molecular complexity index is 761. The van der Waals surface area contributed by atoms with Gasteiger partial charge in [-0.25, -0.2) is 4.98 Å². The lowest BCUT2D eigenvalue weighted by Crippen LogP contribution is -2.05. The van der Waals surface area contributed by atoms with Crippen LogP contribution in [0.3, 0.4) is 0 Å². The predicted octanol–water partition coefficient (Wildman–Crippen LogP) is 2.30. The molecule has 0 fully saturated rings. The maximum Gasteiger partial charge on any atom is 0.258 e. The van der Waals surface area contributed by atoms with Gasteiger partial charge in [0.05, 0.1) is 17.2 Å². The van der Waals surface area contributed by atoms with Crippen LogP contribution in [0.2, 0.25) is 0 Å². The van der Waals surface area contributed by atoms with Gasteiger partial charge in [0, 0.05) is 0 Å². The summed E-state index contributed by atoms with van der Waals surface area (Å²) in [5.41, 5.74) is 2.38. The van der Waals surface area contributed by atoms with Crippen LogP contribution in [0.5, 0.6) is 5.75 Å². The fourth-order valence-electron chi connectivity index (χ4n) is 1.90. The van der Waals surface area contributed by atoms with E-state index >= 15 is 0 Å². The van der Waals surface area contributed by atoms with Gasteiger partial charge in [-0.3, -0.25) is 4.79 Å². The Morgan fingerprint density at radius 1 is 1.00 bits per heavy atom. The van der Waals surface area contributed by atoms with Crippen LogP contribution in [-0.2, 0) is 0 Å². The van der Waals surface area contributed by atoms with Crippen molar-refractivity contribution in [1.82, 2.24) is 9.97 Å². The third-order valence-electron chi connectivity index (χ3n) is 2.84. The van der Waals surface area contributed by atoms with Crippen LogP contribution in [0, 0.1) is 0 Å². The van der Waals surface area contributed by atoms with E-state index in [2.05, 4.69) is 9.97 Å². The van der Waals surface area contributed by atoms with E-state index < -0.39 is 0 Å². The molecule has 3 rings (SSSR count). The Labute approximate surface area is 103 Å². The molecule has 0 spiro atoms. The first-order valence-electron chi connectivity index (χ1n) is 5.51. The normalized spacial score (nSPS) is 10.7. The minimum absolute atomic E-state index is 0.152. The van der Waals surface area contributed by atoms with Gasteiger partial charge in [0.15, 0.2) is 0 Å². The second kappa shape index (κ2) is 4.00. The molecule has 88 valence electrons. The number of aromatic amines is 1. The molecular formula is C14H10N2O2. The first-order chi connectivity index (χ1) is 8.74. The highest BCUT2D eigenvalue weighted by Gasteiger charge is 2.03. The minimum atomic E-state index is -0.152. The number of phenols is 1. The fraction of sp³-hybridized carbons (Fsp3) is 0. The Kier molecular flexibility index (Phi) is 2.34. The number of aromatic nitrogens is 2. The third kappa shape index (κ3) is 1.73. The highest BCUT2D eigenvalue weighted by atomic mass is 16.3. The summed E-state index contributed by atoms with van der Waals surface area (Å²) in [6.07, 6.45) is 1.39. The van der Waals surface area contributed by atoms with Crippen molar-refractivity contribution in [3.05, 3.63) is 59.1 Å². The summed E-state index contributed by atoms with van der Waals surface area (Å²) < 4.78 is 0. The van der Waals surface area contributed by atoms with Gasteiger partial charge in [-0.1, -0.05) is 18.2 Å². The molecule has 4 nitrogen and oxygen atoms in total. The summed E-state index contributed by atoms with van der Waals surface area (Å²) in [4.78, 5) is 18.3. The molecule has 0 amide bonds. The van der Waals surface area contributed by atoms with Crippen molar-refractivity contribution in [1.29, 1.82) is 0 Å². The van der Waals surface area contributed by atoms with Gasteiger partial charge in [0.1, 0.15) is 5.75 Å². The van der Waals surface area contributed by atoms with Crippen molar-refractivity contribution in [2.45, 2.75) is 0 Å². The molecule has 0 aliphatic carbocycles. The summed E-state index contributed by atoms with van der Waals surface area (Å²) in [5.74, 6) is 0.221. The molecule has 0 atom stereocenters. The molecule has 18 heavy (non-hydrogen) atoms. The van der Waals surface area contributed by atoms with E-state index in [1.807, 2.05) is 12.1 Å². The molecular weight excluding hydrogens is 228 g/mol. The van der Waals surface area contributed by atoms with Crippen molar-refractivity contribution in [2.24, 2.45) is 0 Å². The number of rotatable bonds is 1. The van der Waals surface area contributed by atoms with Crippen LogP contribution in [0.25, 0.3) is 22.0 Å². The van der Waals surface area contributed by atoms with Crippen LogP contribution >= 0.6 is 0 Å². The summed E-state index contributed by atoms with van der Waals surface area (Å²) in [6, 6.07) is 12.4.